The van der Waals surface area contributed by atoms with Gasteiger partial charge in [-0.25, -0.2) is 0 Å². The second-order valence-corrected chi connectivity index (χ2v) is 6.61. The first-order valence-electron chi connectivity index (χ1n) is 7.41. The molecule has 2 N–H and O–H groups in total. The lowest BCUT2D eigenvalue weighted by Crippen LogP contribution is -2.41. The Morgan fingerprint density at radius 2 is 1.87 bits per heavy atom. The van der Waals surface area contributed by atoms with Gasteiger partial charge in [0.2, 0.25) is 0 Å². The number of aryl methyl sites for hydroxylation is 2. The summed E-state index contributed by atoms with van der Waals surface area (Å²) >= 11 is 1.49. The van der Waals surface area contributed by atoms with E-state index in [1.54, 1.807) is 12.1 Å². The summed E-state index contributed by atoms with van der Waals surface area (Å²) in [6.45, 7) is 0. The lowest BCUT2D eigenvalue weighted by atomic mass is 10.2. The molecule has 5 nitrogen and oxygen atoms in total. The van der Waals surface area contributed by atoms with E-state index in [2.05, 4.69) is 10.9 Å². The first kappa shape index (κ1) is 14.0. The molecule has 23 heavy (non-hydrogen) atoms. The fraction of sp³-hybridized carbons (Fsp3) is 0.176. The highest BCUT2D eigenvalue weighted by molar-refractivity contribution is 7.14. The van der Waals surface area contributed by atoms with Crippen LogP contribution in [0.25, 0.3) is 11.0 Å². The van der Waals surface area contributed by atoms with Crippen LogP contribution in [-0.2, 0) is 12.8 Å². The molecule has 116 valence electrons. The Morgan fingerprint density at radius 3 is 2.70 bits per heavy atom. The van der Waals surface area contributed by atoms with Gasteiger partial charge in [-0.05, 0) is 43.0 Å². The molecule has 1 aromatic carbocycles. The molecule has 6 heteroatoms. The van der Waals surface area contributed by atoms with Crippen LogP contribution in [0.15, 0.2) is 40.8 Å². The Hall–Kier alpha value is -2.60. The van der Waals surface area contributed by atoms with E-state index in [0.717, 1.165) is 24.6 Å². The van der Waals surface area contributed by atoms with Gasteiger partial charge < -0.3 is 4.42 Å². The zero-order chi connectivity index (χ0) is 15.8. The van der Waals surface area contributed by atoms with Crippen molar-refractivity contribution in [2.75, 3.05) is 0 Å². The summed E-state index contributed by atoms with van der Waals surface area (Å²) in [7, 11) is 0. The topological polar surface area (TPSA) is 71.3 Å². The summed E-state index contributed by atoms with van der Waals surface area (Å²) in [5.41, 5.74) is 6.73. The Balaban J connectivity index is 1.43. The SMILES string of the molecule is O=C(NNC(=O)c1cc2c(s1)CCC2)c1cc2ccccc2o1. The molecule has 0 bridgehead atoms. The molecule has 3 aromatic rings. The van der Waals surface area contributed by atoms with Gasteiger partial charge in [-0.1, -0.05) is 18.2 Å². The molecule has 0 unspecified atom stereocenters. The maximum atomic E-state index is 12.1. The number of carbonyl (C=O) groups excluding carboxylic acids is 2. The summed E-state index contributed by atoms with van der Waals surface area (Å²) in [5.74, 6) is -0.604. The van der Waals surface area contributed by atoms with Crippen molar-refractivity contribution in [2.24, 2.45) is 0 Å². The van der Waals surface area contributed by atoms with Gasteiger partial charge in [0.1, 0.15) is 5.58 Å². The van der Waals surface area contributed by atoms with Gasteiger partial charge in [0, 0.05) is 10.3 Å². The Morgan fingerprint density at radius 1 is 1.04 bits per heavy atom. The Bertz CT molecular complexity index is 855. The molecule has 0 atom stereocenters. The number of rotatable bonds is 2. The number of amides is 2. The fourth-order valence-electron chi connectivity index (χ4n) is 2.77. The molecule has 1 aliphatic rings. The van der Waals surface area contributed by atoms with Crippen LogP contribution in [0.2, 0.25) is 0 Å². The first-order chi connectivity index (χ1) is 11.2. The van der Waals surface area contributed by atoms with Crippen LogP contribution in [-0.4, -0.2) is 11.8 Å². The molecular weight excluding hydrogens is 312 g/mol. The predicted molar refractivity (Wildman–Crippen MR) is 87.5 cm³/mol. The second-order valence-electron chi connectivity index (χ2n) is 5.47. The van der Waals surface area contributed by atoms with E-state index in [1.807, 2.05) is 24.3 Å². The van der Waals surface area contributed by atoms with Crippen LogP contribution in [0.3, 0.4) is 0 Å². The van der Waals surface area contributed by atoms with Crippen molar-refractivity contribution < 1.29 is 14.0 Å². The van der Waals surface area contributed by atoms with E-state index in [0.29, 0.717) is 10.5 Å². The van der Waals surface area contributed by atoms with E-state index in [9.17, 15) is 9.59 Å². The number of hydrogen-bond acceptors (Lipinski definition) is 4. The smallest absolute Gasteiger partial charge is 0.305 e. The van der Waals surface area contributed by atoms with Gasteiger partial charge in [-0.3, -0.25) is 20.4 Å². The molecule has 0 fully saturated rings. The van der Waals surface area contributed by atoms with Crippen molar-refractivity contribution in [3.05, 3.63) is 57.5 Å². The third-order valence-electron chi connectivity index (χ3n) is 3.91. The van der Waals surface area contributed by atoms with Crippen LogP contribution in [0.5, 0.6) is 0 Å². The van der Waals surface area contributed by atoms with Crippen molar-refractivity contribution >= 4 is 34.1 Å². The van der Waals surface area contributed by atoms with E-state index in [-0.39, 0.29) is 11.7 Å². The number of para-hydroxylation sites is 1. The van der Waals surface area contributed by atoms with E-state index in [4.69, 9.17) is 4.42 Å². The molecule has 2 heterocycles. The second kappa shape index (κ2) is 5.55. The number of hydrogen-bond donors (Lipinski definition) is 2. The van der Waals surface area contributed by atoms with E-state index >= 15 is 0 Å². The quantitative estimate of drug-likeness (QED) is 0.711. The van der Waals surface area contributed by atoms with Crippen molar-refractivity contribution in [2.45, 2.75) is 19.3 Å². The highest BCUT2D eigenvalue weighted by atomic mass is 32.1. The number of furan rings is 1. The lowest BCUT2D eigenvalue weighted by molar-refractivity contribution is 0.0834. The lowest BCUT2D eigenvalue weighted by Gasteiger charge is -2.04. The predicted octanol–water partition coefficient (Wildman–Crippen LogP) is 3.06. The largest absolute Gasteiger partial charge is 0.451 e. The van der Waals surface area contributed by atoms with Gasteiger partial charge in [0.05, 0.1) is 4.88 Å². The minimum atomic E-state index is -0.473. The normalized spacial score (nSPS) is 13.0. The Kier molecular flexibility index (Phi) is 3.38. The average Bonchev–Trinajstić information content (AvgIpc) is 3.24. The molecule has 4 rings (SSSR count). The van der Waals surface area contributed by atoms with Gasteiger partial charge in [0.25, 0.3) is 5.91 Å². The summed E-state index contributed by atoms with van der Waals surface area (Å²) in [6, 6.07) is 10.9. The Labute approximate surface area is 136 Å². The van der Waals surface area contributed by atoms with Gasteiger partial charge in [-0.15, -0.1) is 11.3 Å². The number of nitrogens with one attached hydrogen (secondary N) is 2. The molecule has 0 saturated heterocycles. The zero-order valence-electron chi connectivity index (χ0n) is 12.2. The molecule has 2 amide bonds. The van der Waals surface area contributed by atoms with Gasteiger partial charge in [-0.2, -0.15) is 0 Å². The number of thiophene rings is 1. The van der Waals surface area contributed by atoms with E-state index < -0.39 is 5.91 Å². The van der Waals surface area contributed by atoms with Crippen LogP contribution in [0.4, 0.5) is 0 Å². The molecule has 1 aliphatic carbocycles. The number of fused-ring (bicyclic) bond motifs is 2. The van der Waals surface area contributed by atoms with Crippen molar-refractivity contribution in [3.63, 3.8) is 0 Å². The number of hydrazine groups is 1. The van der Waals surface area contributed by atoms with E-state index in [1.165, 1.54) is 21.8 Å². The summed E-state index contributed by atoms with van der Waals surface area (Å²) in [4.78, 5) is 26.1. The zero-order valence-corrected chi connectivity index (χ0v) is 13.0. The minimum absolute atomic E-state index is 0.167. The molecule has 0 saturated carbocycles. The highest BCUT2D eigenvalue weighted by Gasteiger charge is 2.19. The van der Waals surface area contributed by atoms with Crippen molar-refractivity contribution in [1.82, 2.24) is 10.9 Å². The number of carbonyl (C=O) groups is 2. The first-order valence-corrected chi connectivity index (χ1v) is 8.23. The summed E-state index contributed by atoms with van der Waals surface area (Å²) < 4.78 is 5.46. The van der Waals surface area contributed by atoms with Crippen LogP contribution in [0, 0.1) is 0 Å². The standard InChI is InChI=1S/C17H14N2O3S/c20-16(13-8-10-4-1-2-6-12(10)22-13)18-19-17(21)15-9-11-5-3-7-14(11)23-15/h1-2,4,6,8-9H,3,5,7H2,(H,18,20)(H,19,21). The monoisotopic (exact) mass is 326 g/mol. The summed E-state index contributed by atoms with van der Waals surface area (Å²) in [6.07, 6.45) is 3.23. The van der Waals surface area contributed by atoms with Gasteiger partial charge >= 0.3 is 5.91 Å². The molecule has 0 radical (unpaired) electrons. The maximum absolute atomic E-state index is 12.1. The molecular formula is C17H14N2O3S. The average molecular weight is 326 g/mol. The van der Waals surface area contributed by atoms with Crippen molar-refractivity contribution in [1.29, 1.82) is 0 Å². The minimum Gasteiger partial charge on any atom is -0.451 e. The fourth-order valence-corrected chi connectivity index (χ4v) is 3.92. The van der Waals surface area contributed by atoms with Crippen LogP contribution < -0.4 is 10.9 Å². The van der Waals surface area contributed by atoms with Gasteiger partial charge in [0.15, 0.2) is 5.76 Å². The summed E-state index contributed by atoms with van der Waals surface area (Å²) in [5, 5.41) is 0.846. The molecule has 0 aliphatic heterocycles. The third-order valence-corrected chi connectivity index (χ3v) is 5.15. The molecule has 0 spiro atoms. The van der Waals surface area contributed by atoms with Crippen molar-refractivity contribution in [3.8, 4) is 0 Å². The molecule has 2 aromatic heterocycles. The van der Waals surface area contributed by atoms with Crippen LogP contribution in [0.1, 0.15) is 37.1 Å². The third kappa shape index (κ3) is 2.61. The maximum Gasteiger partial charge on any atom is 0.305 e. The van der Waals surface area contributed by atoms with Crippen LogP contribution >= 0.6 is 11.3 Å². The highest BCUT2D eigenvalue weighted by Crippen LogP contribution is 2.30. The number of benzene rings is 1.